The molecule has 0 atom stereocenters. The first-order valence-electron chi connectivity index (χ1n) is 5.68. The molecule has 0 unspecified atom stereocenters. The molecule has 1 aromatic rings. The molecule has 0 fully saturated rings. The van der Waals surface area contributed by atoms with E-state index in [0.29, 0.717) is 12.6 Å². The number of rotatable bonds is 5. The molecule has 0 heterocycles. The molecule has 1 aromatic carbocycles. The van der Waals surface area contributed by atoms with Gasteiger partial charge in [0.05, 0.1) is 18.0 Å². The van der Waals surface area contributed by atoms with E-state index in [1.54, 1.807) is 7.11 Å². The smallest absolute Gasteiger partial charge is 0.0637 e. The van der Waals surface area contributed by atoms with Crippen molar-refractivity contribution in [3.05, 3.63) is 23.8 Å². The van der Waals surface area contributed by atoms with E-state index >= 15 is 0 Å². The van der Waals surface area contributed by atoms with Crippen molar-refractivity contribution in [2.45, 2.75) is 26.8 Å². The lowest BCUT2D eigenvalue weighted by atomic mass is 10.1. The van der Waals surface area contributed by atoms with Gasteiger partial charge in [-0.05, 0) is 38.5 Å². The van der Waals surface area contributed by atoms with Crippen LogP contribution in [0.2, 0.25) is 0 Å². The summed E-state index contributed by atoms with van der Waals surface area (Å²) in [5, 5.41) is 0. The normalized spacial score (nSPS) is 10.8. The van der Waals surface area contributed by atoms with Crippen LogP contribution in [0.1, 0.15) is 19.4 Å². The second-order valence-corrected chi connectivity index (χ2v) is 4.34. The summed E-state index contributed by atoms with van der Waals surface area (Å²) in [7, 11) is 1.72. The number of anilines is 2. The summed E-state index contributed by atoms with van der Waals surface area (Å²) >= 11 is 0. The molecular weight excluding hydrogens is 200 g/mol. The van der Waals surface area contributed by atoms with Crippen molar-refractivity contribution < 1.29 is 4.74 Å². The topological polar surface area (TPSA) is 38.5 Å². The molecule has 0 amide bonds. The van der Waals surface area contributed by atoms with Crippen LogP contribution in [0, 0.1) is 6.92 Å². The Morgan fingerprint density at radius 3 is 2.62 bits per heavy atom. The minimum absolute atomic E-state index is 0.416. The molecule has 0 spiro atoms. The zero-order valence-corrected chi connectivity index (χ0v) is 10.7. The van der Waals surface area contributed by atoms with Crippen LogP contribution >= 0.6 is 0 Å². The quantitative estimate of drug-likeness (QED) is 0.778. The second kappa shape index (κ2) is 5.75. The van der Waals surface area contributed by atoms with Crippen molar-refractivity contribution in [1.82, 2.24) is 0 Å². The summed E-state index contributed by atoms with van der Waals surface area (Å²) in [6.07, 6.45) is 0. The third-order valence-electron chi connectivity index (χ3n) is 2.66. The first kappa shape index (κ1) is 12.8. The third-order valence-corrected chi connectivity index (χ3v) is 2.66. The molecular formula is C13H22N2O. The SMILES string of the molecule is COCCN(c1cc(C)ccc1N)C(C)C. The van der Waals surface area contributed by atoms with Crippen LogP contribution in [-0.2, 0) is 4.74 Å². The molecule has 90 valence electrons. The van der Waals surface area contributed by atoms with Crippen LogP contribution in [0.3, 0.4) is 0 Å². The Labute approximate surface area is 98.2 Å². The molecule has 16 heavy (non-hydrogen) atoms. The largest absolute Gasteiger partial charge is 0.397 e. The number of aryl methyl sites for hydroxylation is 1. The van der Waals surface area contributed by atoms with Crippen LogP contribution in [0.25, 0.3) is 0 Å². The average Bonchev–Trinajstić information content (AvgIpc) is 2.23. The van der Waals surface area contributed by atoms with Crippen LogP contribution in [0.4, 0.5) is 11.4 Å². The third kappa shape index (κ3) is 3.14. The van der Waals surface area contributed by atoms with E-state index in [9.17, 15) is 0 Å². The highest BCUT2D eigenvalue weighted by Crippen LogP contribution is 2.25. The van der Waals surface area contributed by atoms with Crippen molar-refractivity contribution in [3.63, 3.8) is 0 Å². The molecule has 0 saturated carbocycles. The molecule has 3 nitrogen and oxygen atoms in total. The van der Waals surface area contributed by atoms with Gasteiger partial charge in [0, 0.05) is 19.7 Å². The highest BCUT2D eigenvalue weighted by atomic mass is 16.5. The Bertz CT molecular complexity index is 337. The predicted octanol–water partition coefficient (Wildman–Crippen LogP) is 2.44. The van der Waals surface area contributed by atoms with Gasteiger partial charge in [-0.3, -0.25) is 0 Å². The van der Waals surface area contributed by atoms with Gasteiger partial charge in [0.25, 0.3) is 0 Å². The second-order valence-electron chi connectivity index (χ2n) is 4.34. The number of hydrogen-bond acceptors (Lipinski definition) is 3. The molecule has 0 aliphatic heterocycles. The maximum absolute atomic E-state index is 6.02. The number of hydrogen-bond donors (Lipinski definition) is 1. The molecule has 2 N–H and O–H groups in total. The van der Waals surface area contributed by atoms with Crippen molar-refractivity contribution >= 4 is 11.4 Å². The van der Waals surface area contributed by atoms with Gasteiger partial charge in [0.2, 0.25) is 0 Å². The lowest BCUT2D eigenvalue weighted by molar-refractivity contribution is 0.204. The Hall–Kier alpha value is -1.22. The van der Waals surface area contributed by atoms with E-state index in [-0.39, 0.29) is 0 Å². The molecule has 3 heteroatoms. The fraction of sp³-hybridized carbons (Fsp3) is 0.538. The fourth-order valence-electron chi connectivity index (χ4n) is 1.75. The van der Waals surface area contributed by atoms with Gasteiger partial charge in [0.1, 0.15) is 0 Å². The van der Waals surface area contributed by atoms with E-state index in [0.717, 1.165) is 17.9 Å². The van der Waals surface area contributed by atoms with Crippen LogP contribution in [0.15, 0.2) is 18.2 Å². The molecule has 0 saturated heterocycles. The van der Waals surface area contributed by atoms with E-state index in [2.05, 4.69) is 31.7 Å². The molecule has 0 radical (unpaired) electrons. The van der Waals surface area contributed by atoms with Crippen molar-refractivity contribution in [1.29, 1.82) is 0 Å². The van der Waals surface area contributed by atoms with Gasteiger partial charge >= 0.3 is 0 Å². The summed E-state index contributed by atoms with van der Waals surface area (Å²) in [5.74, 6) is 0. The molecule has 0 aromatic heterocycles. The fourth-order valence-corrected chi connectivity index (χ4v) is 1.75. The van der Waals surface area contributed by atoms with Crippen LogP contribution in [0.5, 0.6) is 0 Å². The average molecular weight is 222 g/mol. The van der Waals surface area contributed by atoms with E-state index < -0.39 is 0 Å². The highest BCUT2D eigenvalue weighted by molar-refractivity contribution is 5.68. The van der Waals surface area contributed by atoms with Crippen molar-refractivity contribution in [2.75, 3.05) is 30.9 Å². The monoisotopic (exact) mass is 222 g/mol. The van der Waals surface area contributed by atoms with Crippen LogP contribution in [-0.4, -0.2) is 26.3 Å². The molecule has 0 aliphatic rings. The maximum Gasteiger partial charge on any atom is 0.0637 e. The Morgan fingerprint density at radius 1 is 1.38 bits per heavy atom. The zero-order valence-electron chi connectivity index (χ0n) is 10.7. The van der Waals surface area contributed by atoms with Crippen LogP contribution < -0.4 is 10.6 Å². The maximum atomic E-state index is 6.02. The van der Waals surface area contributed by atoms with Gasteiger partial charge in [-0.15, -0.1) is 0 Å². The van der Waals surface area contributed by atoms with Crippen molar-refractivity contribution in [2.24, 2.45) is 0 Å². The number of ether oxygens (including phenoxy) is 1. The van der Waals surface area contributed by atoms with E-state index in [1.807, 2.05) is 12.1 Å². The number of benzene rings is 1. The standard InChI is InChI=1S/C13H22N2O/c1-10(2)15(7-8-16-4)13-9-11(3)5-6-12(13)14/h5-6,9-10H,7-8,14H2,1-4H3. The summed E-state index contributed by atoms with van der Waals surface area (Å²) in [4.78, 5) is 2.27. The van der Waals surface area contributed by atoms with Gasteiger partial charge in [-0.2, -0.15) is 0 Å². The van der Waals surface area contributed by atoms with Gasteiger partial charge in [-0.1, -0.05) is 6.07 Å². The minimum Gasteiger partial charge on any atom is -0.397 e. The highest BCUT2D eigenvalue weighted by Gasteiger charge is 2.12. The molecule has 1 rings (SSSR count). The lowest BCUT2D eigenvalue weighted by Gasteiger charge is -2.30. The summed E-state index contributed by atoms with van der Waals surface area (Å²) in [5.41, 5.74) is 9.18. The number of nitrogens with zero attached hydrogens (tertiary/aromatic N) is 1. The number of nitrogen functional groups attached to an aromatic ring is 1. The number of nitrogens with two attached hydrogens (primary N) is 1. The first-order chi connectivity index (χ1) is 7.56. The van der Waals surface area contributed by atoms with E-state index in [4.69, 9.17) is 10.5 Å². The predicted molar refractivity (Wildman–Crippen MR) is 69.9 cm³/mol. The Kier molecular flexibility index (Phi) is 4.62. The Balaban J connectivity index is 2.95. The van der Waals surface area contributed by atoms with E-state index in [1.165, 1.54) is 5.56 Å². The minimum atomic E-state index is 0.416. The van der Waals surface area contributed by atoms with Gasteiger partial charge in [-0.25, -0.2) is 0 Å². The Morgan fingerprint density at radius 2 is 2.06 bits per heavy atom. The van der Waals surface area contributed by atoms with Crippen molar-refractivity contribution in [3.8, 4) is 0 Å². The zero-order chi connectivity index (χ0) is 12.1. The van der Waals surface area contributed by atoms with Gasteiger partial charge < -0.3 is 15.4 Å². The summed E-state index contributed by atoms with van der Waals surface area (Å²) < 4.78 is 5.13. The number of methoxy groups -OCH3 is 1. The van der Waals surface area contributed by atoms with Gasteiger partial charge in [0.15, 0.2) is 0 Å². The lowest BCUT2D eigenvalue weighted by Crippen LogP contribution is -2.34. The summed E-state index contributed by atoms with van der Waals surface area (Å²) in [6.45, 7) is 7.99. The molecule has 0 aliphatic carbocycles. The summed E-state index contributed by atoms with van der Waals surface area (Å²) in [6, 6.07) is 6.55. The first-order valence-corrected chi connectivity index (χ1v) is 5.68. The molecule has 0 bridgehead atoms.